The molecule has 4 heteroatoms. The van der Waals surface area contributed by atoms with Gasteiger partial charge < -0.3 is 15.0 Å². The smallest absolute Gasteiger partial charge is 0.244 e. The summed E-state index contributed by atoms with van der Waals surface area (Å²) in [7, 11) is 1.63. The van der Waals surface area contributed by atoms with E-state index in [4.69, 9.17) is 4.74 Å². The van der Waals surface area contributed by atoms with E-state index in [2.05, 4.69) is 10.2 Å². The number of benzene rings is 1. The Kier molecular flexibility index (Phi) is 6.28. The summed E-state index contributed by atoms with van der Waals surface area (Å²) in [6.07, 6.45) is 7.25. The number of para-hydroxylation sites is 1. The van der Waals surface area contributed by atoms with Crippen LogP contribution in [0.3, 0.4) is 0 Å². The standard InChI is InChI=1S/C17H24N2O2/c1-21-16-8-4-3-7-15(16)9-10-17(20)18-11-14-19-12-5-2-6-13-19/h3-4,7-10H,2,5-6,11-14H2,1H3,(H,18,20)/b10-9-. The molecule has 1 fully saturated rings. The van der Waals surface area contributed by atoms with Gasteiger partial charge in [-0.15, -0.1) is 0 Å². The van der Waals surface area contributed by atoms with Crippen molar-refractivity contribution in [3.63, 3.8) is 0 Å². The highest BCUT2D eigenvalue weighted by Gasteiger charge is 2.09. The van der Waals surface area contributed by atoms with Gasteiger partial charge in [-0.2, -0.15) is 0 Å². The van der Waals surface area contributed by atoms with Crippen molar-refractivity contribution < 1.29 is 9.53 Å². The lowest BCUT2D eigenvalue weighted by molar-refractivity contribution is -0.116. The van der Waals surface area contributed by atoms with Gasteiger partial charge in [0, 0.05) is 24.7 Å². The molecule has 0 aromatic heterocycles. The predicted octanol–water partition coefficient (Wildman–Crippen LogP) is 2.31. The normalized spacial score (nSPS) is 16.0. The maximum atomic E-state index is 11.8. The zero-order valence-corrected chi connectivity index (χ0v) is 12.7. The van der Waals surface area contributed by atoms with Gasteiger partial charge in [0.15, 0.2) is 0 Å². The average molecular weight is 288 g/mol. The van der Waals surface area contributed by atoms with E-state index in [-0.39, 0.29) is 5.91 Å². The van der Waals surface area contributed by atoms with Crippen LogP contribution >= 0.6 is 0 Å². The molecule has 0 spiro atoms. The first-order valence-electron chi connectivity index (χ1n) is 7.61. The van der Waals surface area contributed by atoms with Crippen LogP contribution in [0.5, 0.6) is 5.75 Å². The maximum Gasteiger partial charge on any atom is 0.244 e. The number of ether oxygens (including phenoxy) is 1. The van der Waals surface area contributed by atoms with Gasteiger partial charge in [0.2, 0.25) is 5.91 Å². The SMILES string of the molecule is COc1ccccc1/C=C\C(=O)NCCN1CCCCC1. The summed E-state index contributed by atoms with van der Waals surface area (Å²) in [6, 6.07) is 7.65. The van der Waals surface area contributed by atoms with E-state index >= 15 is 0 Å². The minimum atomic E-state index is -0.0575. The molecule has 0 unspecified atom stereocenters. The molecule has 0 bridgehead atoms. The number of carbonyl (C=O) groups excluding carboxylic acids is 1. The topological polar surface area (TPSA) is 41.6 Å². The van der Waals surface area contributed by atoms with Gasteiger partial charge in [-0.25, -0.2) is 0 Å². The molecule has 0 aliphatic carbocycles. The summed E-state index contributed by atoms with van der Waals surface area (Å²) < 4.78 is 5.25. The van der Waals surface area contributed by atoms with Crippen LogP contribution in [-0.2, 0) is 4.79 Å². The van der Waals surface area contributed by atoms with Crippen LogP contribution < -0.4 is 10.1 Å². The third-order valence-electron chi connectivity index (χ3n) is 3.73. The van der Waals surface area contributed by atoms with E-state index in [0.29, 0.717) is 6.54 Å². The molecule has 1 heterocycles. The fourth-order valence-corrected chi connectivity index (χ4v) is 2.55. The number of carbonyl (C=O) groups is 1. The van der Waals surface area contributed by atoms with Crippen LogP contribution in [-0.4, -0.2) is 44.1 Å². The van der Waals surface area contributed by atoms with Gasteiger partial charge in [0.05, 0.1) is 7.11 Å². The van der Waals surface area contributed by atoms with E-state index in [1.54, 1.807) is 19.3 Å². The molecule has 1 N–H and O–H groups in total. The lowest BCUT2D eigenvalue weighted by atomic mass is 10.1. The summed E-state index contributed by atoms with van der Waals surface area (Å²) in [4.78, 5) is 14.2. The highest BCUT2D eigenvalue weighted by molar-refractivity contribution is 5.92. The molecule has 2 rings (SSSR count). The number of piperidine rings is 1. The molecule has 1 aliphatic rings. The number of hydrogen-bond acceptors (Lipinski definition) is 3. The minimum Gasteiger partial charge on any atom is -0.496 e. The van der Waals surface area contributed by atoms with Crippen molar-refractivity contribution in [2.24, 2.45) is 0 Å². The van der Waals surface area contributed by atoms with Crippen molar-refractivity contribution >= 4 is 12.0 Å². The first-order valence-corrected chi connectivity index (χ1v) is 7.61. The van der Waals surface area contributed by atoms with Crippen molar-refractivity contribution in [1.82, 2.24) is 10.2 Å². The molecule has 1 aromatic rings. The summed E-state index contributed by atoms with van der Waals surface area (Å²) in [6.45, 7) is 3.96. The van der Waals surface area contributed by atoms with Gasteiger partial charge in [0.25, 0.3) is 0 Å². The van der Waals surface area contributed by atoms with Crippen molar-refractivity contribution in [2.45, 2.75) is 19.3 Å². The van der Waals surface area contributed by atoms with Crippen LogP contribution in [0.15, 0.2) is 30.3 Å². The largest absolute Gasteiger partial charge is 0.496 e. The average Bonchev–Trinajstić information content (AvgIpc) is 2.54. The number of methoxy groups -OCH3 is 1. The van der Waals surface area contributed by atoms with E-state index in [9.17, 15) is 4.79 Å². The molecule has 1 aromatic carbocycles. The summed E-state index contributed by atoms with van der Waals surface area (Å²) in [5, 5.41) is 2.93. The second-order valence-electron chi connectivity index (χ2n) is 5.27. The van der Waals surface area contributed by atoms with E-state index in [1.807, 2.05) is 24.3 Å². The summed E-state index contributed by atoms with van der Waals surface area (Å²) in [5.41, 5.74) is 0.909. The molecule has 1 amide bonds. The molecular weight excluding hydrogens is 264 g/mol. The number of nitrogens with zero attached hydrogens (tertiary/aromatic N) is 1. The lowest BCUT2D eigenvalue weighted by Crippen LogP contribution is -2.37. The Hall–Kier alpha value is -1.81. The van der Waals surface area contributed by atoms with Crippen molar-refractivity contribution in [2.75, 3.05) is 33.3 Å². The molecule has 1 aliphatic heterocycles. The Labute approximate surface area is 126 Å². The number of rotatable bonds is 6. The number of amides is 1. The molecule has 114 valence electrons. The number of likely N-dealkylation sites (tertiary alicyclic amines) is 1. The van der Waals surface area contributed by atoms with Crippen LogP contribution in [0, 0.1) is 0 Å². The molecule has 0 radical (unpaired) electrons. The molecule has 1 saturated heterocycles. The molecule has 0 atom stereocenters. The van der Waals surface area contributed by atoms with Crippen molar-refractivity contribution in [3.05, 3.63) is 35.9 Å². The number of hydrogen-bond donors (Lipinski definition) is 1. The Balaban J connectivity index is 1.74. The fourth-order valence-electron chi connectivity index (χ4n) is 2.55. The van der Waals surface area contributed by atoms with Gasteiger partial charge in [-0.1, -0.05) is 24.6 Å². The van der Waals surface area contributed by atoms with Gasteiger partial charge in [0.1, 0.15) is 5.75 Å². The van der Waals surface area contributed by atoms with Gasteiger partial charge in [-0.3, -0.25) is 4.79 Å². The zero-order chi connectivity index (χ0) is 14.9. The van der Waals surface area contributed by atoms with Gasteiger partial charge in [-0.05, 0) is 38.1 Å². The molecular formula is C17H24N2O2. The van der Waals surface area contributed by atoms with Crippen LogP contribution in [0.25, 0.3) is 6.08 Å². The molecule has 21 heavy (non-hydrogen) atoms. The van der Waals surface area contributed by atoms with Crippen molar-refractivity contribution in [1.29, 1.82) is 0 Å². The summed E-state index contributed by atoms with van der Waals surface area (Å²) in [5.74, 6) is 0.716. The monoisotopic (exact) mass is 288 g/mol. The molecule has 4 nitrogen and oxygen atoms in total. The highest BCUT2D eigenvalue weighted by Crippen LogP contribution is 2.18. The Morgan fingerprint density at radius 1 is 1.29 bits per heavy atom. The Bertz CT molecular complexity index is 479. The zero-order valence-electron chi connectivity index (χ0n) is 12.7. The second kappa shape index (κ2) is 8.47. The second-order valence-corrected chi connectivity index (χ2v) is 5.27. The first kappa shape index (κ1) is 15.6. The predicted molar refractivity (Wildman–Crippen MR) is 85.3 cm³/mol. The van der Waals surface area contributed by atoms with Crippen LogP contribution in [0.1, 0.15) is 24.8 Å². The van der Waals surface area contributed by atoms with Crippen LogP contribution in [0.4, 0.5) is 0 Å². The summed E-state index contributed by atoms with van der Waals surface area (Å²) >= 11 is 0. The molecule has 0 saturated carbocycles. The fraction of sp³-hybridized carbons (Fsp3) is 0.471. The quantitative estimate of drug-likeness (QED) is 0.817. The van der Waals surface area contributed by atoms with E-state index < -0.39 is 0 Å². The van der Waals surface area contributed by atoms with E-state index in [0.717, 1.165) is 30.9 Å². The first-order chi connectivity index (χ1) is 10.3. The third-order valence-corrected chi connectivity index (χ3v) is 3.73. The number of nitrogens with one attached hydrogen (secondary N) is 1. The Morgan fingerprint density at radius 3 is 2.81 bits per heavy atom. The lowest BCUT2D eigenvalue weighted by Gasteiger charge is -2.26. The maximum absolute atomic E-state index is 11.8. The van der Waals surface area contributed by atoms with Crippen molar-refractivity contribution in [3.8, 4) is 5.75 Å². The minimum absolute atomic E-state index is 0.0575. The highest BCUT2D eigenvalue weighted by atomic mass is 16.5. The van der Waals surface area contributed by atoms with Gasteiger partial charge >= 0.3 is 0 Å². The third kappa shape index (κ3) is 5.23. The Morgan fingerprint density at radius 2 is 2.05 bits per heavy atom. The van der Waals surface area contributed by atoms with Crippen LogP contribution in [0.2, 0.25) is 0 Å². The van der Waals surface area contributed by atoms with E-state index in [1.165, 1.54) is 19.3 Å².